The summed E-state index contributed by atoms with van der Waals surface area (Å²) in [5.41, 5.74) is 9.39. The van der Waals surface area contributed by atoms with Gasteiger partial charge in [0.2, 0.25) is 0 Å². The minimum absolute atomic E-state index is 0.0634. The van der Waals surface area contributed by atoms with Gasteiger partial charge in [-0.3, -0.25) is 14.5 Å². The Balaban J connectivity index is 1.58. The quantitative estimate of drug-likeness (QED) is 0.255. The number of rotatable bonds is 7. The first kappa shape index (κ1) is 29.0. The van der Waals surface area contributed by atoms with E-state index in [-0.39, 0.29) is 11.3 Å². The van der Waals surface area contributed by atoms with Crippen LogP contribution in [0.5, 0.6) is 0 Å². The lowest BCUT2D eigenvalue weighted by molar-refractivity contribution is -0.137. The van der Waals surface area contributed by atoms with Crippen LogP contribution in [0.4, 0.5) is 30.2 Å². The number of hydrogen-bond donors (Lipinski definition) is 4. The zero-order valence-electron chi connectivity index (χ0n) is 23.0. The Kier molecular flexibility index (Phi) is 8.40. The van der Waals surface area contributed by atoms with Crippen LogP contribution in [-0.2, 0) is 13.2 Å². The molecule has 214 valence electrons. The van der Waals surface area contributed by atoms with Gasteiger partial charge in [0.25, 0.3) is 5.91 Å². The van der Waals surface area contributed by atoms with Crippen LogP contribution in [0.2, 0.25) is 0 Å². The average molecular weight is 557 g/mol. The third kappa shape index (κ3) is 6.40. The number of aryl methyl sites for hydroxylation is 2. The number of piperidine rings is 1. The van der Waals surface area contributed by atoms with Gasteiger partial charge in [0.1, 0.15) is 0 Å². The fourth-order valence-electron chi connectivity index (χ4n) is 4.76. The second kappa shape index (κ2) is 11.6. The first-order chi connectivity index (χ1) is 18.9. The summed E-state index contributed by atoms with van der Waals surface area (Å²) in [5, 5.41) is 11.4. The van der Waals surface area contributed by atoms with E-state index in [2.05, 4.69) is 15.7 Å². The number of hydrogen-bond acceptors (Lipinski definition) is 7. The van der Waals surface area contributed by atoms with Crippen molar-refractivity contribution in [2.75, 3.05) is 35.4 Å². The van der Waals surface area contributed by atoms with E-state index in [1.807, 2.05) is 25.8 Å². The summed E-state index contributed by atoms with van der Waals surface area (Å²) in [6.45, 7) is 4.93. The molecule has 0 unspecified atom stereocenters. The van der Waals surface area contributed by atoms with E-state index in [0.717, 1.165) is 41.8 Å². The van der Waals surface area contributed by atoms with Crippen molar-refractivity contribution in [3.63, 3.8) is 0 Å². The fourth-order valence-corrected chi connectivity index (χ4v) is 4.76. The maximum Gasteiger partial charge on any atom is 0.416 e. The summed E-state index contributed by atoms with van der Waals surface area (Å²) in [6, 6.07) is 8.87. The minimum Gasteiger partial charge on any atom is -0.397 e. The number of carbonyl (C=O) groups excluding carboxylic acids is 1. The van der Waals surface area contributed by atoms with Crippen LogP contribution in [0.3, 0.4) is 0 Å². The second-order valence-corrected chi connectivity index (χ2v) is 10.0. The highest BCUT2D eigenvalue weighted by atomic mass is 19.4. The third-order valence-corrected chi connectivity index (χ3v) is 7.35. The molecule has 2 heterocycles. The van der Waals surface area contributed by atoms with E-state index in [9.17, 15) is 18.0 Å². The molecule has 1 aliphatic rings. The summed E-state index contributed by atoms with van der Waals surface area (Å²) < 4.78 is 42.9. The number of benzene rings is 2. The zero-order chi connectivity index (χ0) is 29.2. The lowest BCUT2D eigenvalue weighted by atomic mass is 10.0. The van der Waals surface area contributed by atoms with Crippen molar-refractivity contribution < 1.29 is 18.0 Å². The molecule has 3 aromatic rings. The Bertz CT molecular complexity index is 1410. The van der Waals surface area contributed by atoms with Crippen LogP contribution in [-0.4, -0.2) is 41.9 Å². The van der Waals surface area contributed by atoms with Crippen molar-refractivity contribution in [3.8, 4) is 0 Å². The maximum atomic E-state index is 13.7. The van der Waals surface area contributed by atoms with Crippen LogP contribution in [0, 0.1) is 13.8 Å². The van der Waals surface area contributed by atoms with E-state index in [0.29, 0.717) is 36.2 Å². The molecule has 6 N–H and O–H groups in total. The largest absolute Gasteiger partial charge is 0.416 e. The van der Waals surface area contributed by atoms with Crippen LogP contribution in [0.1, 0.15) is 45.6 Å². The molecular weight excluding hydrogens is 521 g/mol. The van der Waals surface area contributed by atoms with Crippen molar-refractivity contribution in [1.29, 1.82) is 0 Å². The van der Waals surface area contributed by atoms with E-state index >= 15 is 0 Å². The lowest BCUT2D eigenvalue weighted by Gasteiger charge is -2.34. The predicted molar refractivity (Wildman–Crippen MR) is 152 cm³/mol. The molecule has 0 radical (unpaired) electrons. The number of halogens is 3. The van der Waals surface area contributed by atoms with Crippen LogP contribution in [0.25, 0.3) is 5.70 Å². The first-order valence-electron chi connectivity index (χ1n) is 12.9. The highest BCUT2D eigenvalue weighted by Gasteiger charge is 2.32. The minimum atomic E-state index is -4.56. The summed E-state index contributed by atoms with van der Waals surface area (Å²) in [6.07, 6.45) is 0.238. The number of nitrogens with two attached hydrogens (primary N) is 2. The fraction of sp³-hybridized carbons (Fsp3) is 0.357. The number of carbonyl (C=O) groups is 1. The molecule has 0 saturated carbocycles. The normalized spacial score (nSPS) is 14.9. The number of aromatic nitrogens is 2. The van der Waals surface area contributed by atoms with Gasteiger partial charge in [-0.15, -0.1) is 0 Å². The molecule has 0 spiro atoms. The van der Waals surface area contributed by atoms with Crippen molar-refractivity contribution in [2.45, 2.75) is 38.9 Å². The van der Waals surface area contributed by atoms with Gasteiger partial charge in [0.05, 0.1) is 23.1 Å². The standard InChI is InChI=1S/C28H35F3N8O/c1-17-5-6-19(11-26(17)39(33)16-25(32)24-15-35-37(4)18(24)2)27(40)36-22-12-20(28(29,30)31)13-23(14-22)38-9-7-21(34-3)8-10-38/h5-6,11-16,21,34H,7-10,32-33H2,1-4H3,(H,36,40)/b25-16-. The third-order valence-electron chi connectivity index (χ3n) is 7.35. The lowest BCUT2D eigenvalue weighted by Crippen LogP contribution is -2.41. The van der Waals surface area contributed by atoms with Crippen LogP contribution in [0.15, 0.2) is 48.8 Å². The van der Waals surface area contributed by atoms with Crippen molar-refractivity contribution in [2.24, 2.45) is 18.6 Å². The Labute approximate surface area is 231 Å². The molecule has 40 heavy (non-hydrogen) atoms. The van der Waals surface area contributed by atoms with Gasteiger partial charge in [-0.1, -0.05) is 6.07 Å². The number of anilines is 3. The number of nitrogens with zero attached hydrogens (tertiary/aromatic N) is 4. The van der Waals surface area contributed by atoms with Gasteiger partial charge >= 0.3 is 6.18 Å². The molecule has 2 aromatic carbocycles. The van der Waals surface area contributed by atoms with Gasteiger partial charge in [-0.05, 0) is 69.6 Å². The Hall–Kier alpha value is -4.03. The summed E-state index contributed by atoms with van der Waals surface area (Å²) in [5.74, 6) is 5.72. The number of hydrazine groups is 1. The molecule has 1 amide bonds. The molecule has 0 atom stereocenters. The summed E-state index contributed by atoms with van der Waals surface area (Å²) in [4.78, 5) is 15.1. The monoisotopic (exact) mass is 556 g/mol. The highest BCUT2D eigenvalue weighted by Crippen LogP contribution is 2.35. The van der Waals surface area contributed by atoms with Gasteiger partial charge in [0, 0.05) is 60.6 Å². The number of alkyl halides is 3. The predicted octanol–water partition coefficient (Wildman–Crippen LogP) is 4.13. The molecule has 1 aliphatic heterocycles. The highest BCUT2D eigenvalue weighted by molar-refractivity contribution is 6.05. The van der Waals surface area contributed by atoms with Crippen LogP contribution < -0.4 is 32.1 Å². The molecule has 12 heteroatoms. The van der Waals surface area contributed by atoms with Gasteiger partial charge in [-0.25, -0.2) is 5.84 Å². The number of nitrogens with one attached hydrogen (secondary N) is 2. The maximum absolute atomic E-state index is 13.7. The van der Waals surface area contributed by atoms with Gasteiger partial charge in [-0.2, -0.15) is 18.3 Å². The Morgan fingerprint density at radius 3 is 2.45 bits per heavy atom. The topological polar surface area (TPSA) is 117 Å². The van der Waals surface area contributed by atoms with E-state index in [1.165, 1.54) is 11.2 Å². The van der Waals surface area contributed by atoms with E-state index in [4.69, 9.17) is 11.6 Å². The second-order valence-electron chi connectivity index (χ2n) is 10.0. The Morgan fingerprint density at radius 1 is 1.15 bits per heavy atom. The summed E-state index contributed by atoms with van der Waals surface area (Å²) in [7, 11) is 3.68. The van der Waals surface area contributed by atoms with Crippen molar-refractivity contribution in [3.05, 3.63) is 76.7 Å². The molecule has 1 fully saturated rings. The SMILES string of the molecule is CNC1CCN(c2cc(NC(=O)c3ccc(C)c(N(N)/C=C(\N)c4cnn(C)c4C)c3)cc(C(F)(F)F)c2)CC1. The zero-order valence-corrected chi connectivity index (χ0v) is 23.0. The van der Waals surface area contributed by atoms with Gasteiger partial charge in [0.15, 0.2) is 0 Å². The van der Waals surface area contributed by atoms with Crippen molar-refractivity contribution in [1.82, 2.24) is 15.1 Å². The number of amides is 1. The van der Waals surface area contributed by atoms with E-state index in [1.54, 1.807) is 42.2 Å². The molecule has 0 aliphatic carbocycles. The van der Waals surface area contributed by atoms with Gasteiger partial charge < -0.3 is 21.3 Å². The molecule has 1 aromatic heterocycles. The first-order valence-corrected chi connectivity index (χ1v) is 12.9. The molecular formula is C28H35F3N8O. The van der Waals surface area contributed by atoms with Crippen LogP contribution >= 0.6 is 0 Å². The Morgan fingerprint density at radius 2 is 1.85 bits per heavy atom. The molecule has 4 rings (SSSR count). The molecule has 9 nitrogen and oxygen atoms in total. The van der Waals surface area contributed by atoms with E-state index < -0.39 is 17.6 Å². The molecule has 1 saturated heterocycles. The average Bonchev–Trinajstić information content (AvgIpc) is 3.26. The molecule has 0 bridgehead atoms. The van der Waals surface area contributed by atoms with Crippen molar-refractivity contribution >= 4 is 28.7 Å². The summed E-state index contributed by atoms with van der Waals surface area (Å²) >= 11 is 0. The smallest absolute Gasteiger partial charge is 0.397 e.